The minimum atomic E-state index is -2.93. The zero-order valence-corrected chi connectivity index (χ0v) is 12.2. The van der Waals surface area contributed by atoms with E-state index in [-0.39, 0.29) is 35.5 Å². The van der Waals surface area contributed by atoms with Crippen molar-refractivity contribution in [3.63, 3.8) is 0 Å². The van der Waals surface area contributed by atoms with Crippen molar-refractivity contribution in [2.75, 3.05) is 11.5 Å². The Balaban J connectivity index is 2.44. The number of hydrogen-bond acceptors (Lipinski definition) is 4. The van der Waals surface area contributed by atoms with Gasteiger partial charge in [-0.3, -0.25) is 4.79 Å². The van der Waals surface area contributed by atoms with Crippen molar-refractivity contribution >= 4 is 15.7 Å². The van der Waals surface area contributed by atoms with Crippen LogP contribution in [0.5, 0.6) is 0 Å². The van der Waals surface area contributed by atoms with E-state index in [4.69, 9.17) is 0 Å². The molecule has 1 saturated heterocycles. The summed E-state index contributed by atoms with van der Waals surface area (Å²) in [6.07, 6.45) is 2.39. The monoisotopic (exact) mass is 276 g/mol. The van der Waals surface area contributed by atoms with Crippen molar-refractivity contribution < 1.29 is 13.2 Å². The van der Waals surface area contributed by atoms with Gasteiger partial charge in [-0.2, -0.15) is 0 Å². The topological polar surface area (TPSA) is 75.3 Å². The maximum Gasteiger partial charge on any atom is 0.237 e. The third kappa shape index (κ3) is 4.94. The van der Waals surface area contributed by atoms with Crippen molar-refractivity contribution in [3.05, 3.63) is 0 Å². The molecule has 1 fully saturated rings. The van der Waals surface area contributed by atoms with Gasteiger partial charge in [0.2, 0.25) is 5.91 Å². The molecule has 106 valence electrons. The first-order valence-corrected chi connectivity index (χ1v) is 8.43. The lowest BCUT2D eigenvalue weighted by Gasteiger charge is -2.26. The molecule has 0 bridgehead atoms. The van der Waals surface area contributed by atoms with Gasteiger partial charge in [0.05, 0.1) is 17.5 Å². The van der Waals surface area contributed by atoms with Gasteiger partial charge >= 0.3 is 0 Å². The van der Waals surface area contributed by atoms with Crippen LogP contribution in [-0.2, 0) is 14.6 Å². The Morgan fingerprint density at radius 3 is 2.61 bits per heavy atom. The Bertz CT molecular complexity index is 381. The zero-order chi connectivity index (χ0) is 13.8. The number of carbonyl (C=O) groups is 1. The van der Waals surface area contributed by atoms with E-state index in [1.807, 2.05) is 13.8 Å². The molecular weight excluding hydrogens is 252 g/mol. The number of sulfone groups is 1. The average Bonchev–Trinajstić information content (AvgIpc) is 2.27. The van der Waals surface area contributed by atoms with E-state index in [0.29, 0.717) is 6.42 Å². The fraction of sp³-hybridized carbons (Fsp3) is 0.917. The minimum absolute atomic E-state index is 0.0627. The van der Waals surface area contributed by atoms with Gasteiger partial charge in [0.1, 0.15) is 0 Å². The SMILES string of the molecule is CCC(C)NC(=O)C(C)NC1CCCS(=O)(=O)C1. The third-order valence-corrected chi connectivity index (χ3v) is 5.16. The summed E-state index contributed by atoms with van der Waals surface area (Å²) in [6.45, 7) is 5.74. The predicted octanol–water partition coefficient (Wildman–Crippen LogP) is 0.456. The summed E-state index contributed by atoms with van der Waals surface area (Å²) in [5, 5.41) is 6.00. The zero-order valence-electron chi connectivity index (χ0n) is 11.4. The molecule has 0 spiro atoms. The maximum absolute atomic E-state index is 11.8. The lowest BCUT2D eigenvalue weighted by molar-refractivity contribution is -0.123. The molecule has 0 aromatic carbocycles. The first-order chi connectivity index (χ1) is 8.34. The van der Waals surface area contributed by atoms with Gasteiger partial charge in [-0.05, 0) is 33.1 Å². The number of rotatable bonds is 5. The summed E-state index contributed by atoms with van der Waals surface area (Å²) in [5.74, 6) is 0.361. The predicted molar refractivity (Wildman–Crippen MR) is 72.2 cm³/mol. The Labute approximate surface area is 110 Å². The lowest BCUT2D eigenvalue weighted by atomic mass is 10.1. The first-order valence-electron chi connectivity index (χ1n) is 6.61. The number of amides is 1. The second kappa shape index (κ2) is 6.52. The summed E-state index contributed by atoms with van der Waals surface area (Å²) in [6, 6.07) is -0.296. The Hall–Kier alpha value is -0.620. The molecule has 18 heavy (non-hydrogen) atoms. The highest BCUT2D eigenvalue weighted by molar-refractivity contribution is 7.91. The van der Waals surface area contributed by atoms with Crippen molar-refractivity contribution in [2.24, 2.45) is 0 Å². The van der Waals surface area contributed by atoms with E-state index in [1.54, 1.807) is 6.92 Å². The van der Waals surface area contributed by atoms with E-state index in [1.165, 1.54) is 0 Å². The van der Waals surface area contributed by atoms with Crippen molar-refractivity contribution in [3.8, 4) is 0 Å². The van der Waals surface area contributed by atoms with Gasteiger partial charge in [0, 0.05) is 12.1 Å². The molecule has 2 N–H and O–H groups in total. The lowest BCUT2D eigenvalue weighted by Crippen LogP contribution is -2.51. The summed E-state index contributed by atoms with van der Waals surface area (Å²) < 4.78 is 23.0. The molecule has 1 heterocycles. The summed E-state index contributed by atoms with van der Waals surface area (Å²) in [5.41, 5.74) is 0. The van der Waals surface area contributed by atoms with Crippen LogP contribution in [0.4, 0.5) is 0 Å². The van der Waals surface area contributed by atoms with Crippen LogP contribution in [-0.4, -0.2) is 44.0 Å². The highest BCUT2D eigenvalue weighted by Crippen LogP contribution is 2.12. The molecule has 3 atom stereocenters. The van der Waals surface area contributed by atoms with Gasteiger partial charge in [0.15, 0.2) is 9.84 Å². The molecule has 0 aliphatic carbocycles. The van der Waals surface area contributed by atoms with E-state index >= 15 is 0 Å². The molecule has 0 saturated carbocycles. The summed E-state index contributed by atoms with van der Waals surface area (Å²) >= 11 is 0. The molecule has 0 radical (unpaired) electrons. The van der Waals surface area contributed by atoms with Crippen LogP contribution >= 0.6 is 0 Å². The van der Waals surface area contributed by atoms with Crippen LogP contribution in [0.2, 0.25) is 0 Å². The van der Waals surface area contributed by atoms with E-state index < -0.39 is 9.84 Å². The molecule has 5 nitrogen and oxygen atoms in total. The van der Waals surface area contributed by atoms with Crippen LogP contribution in [0.15, 0.2) is 0 Å². The average molecular weight is 276 g/mol. The Kier molecular flexibility index (Phi) is 5.59. The molecule has 3 unspecified atom stereocenters. The minimum Gasteiger partial charge on any atom is -0.352 e. The fourth-order valence-electron chi connectivity index (χ4n) is 2.05. The normalized spacial score (nSPS) is 26.3. The standard InChI is InChI=1S/C12H24N2O3S/c1-4-9(2)13-12(15)10(3)14-11-6-5-7-18(16,17)8-11/h9-11,14H,4-8H2,1-3H3,(H,13,15). The van der Waals surface area contributed by atoms with Crippen LogP contribution in [0.1, 0.15) is 40.0 Å². The van der Waals surface area contributed by atoms with Crippen molar-refractivity contribution in [1.29, 1.82) is 0 Å². The molecule has 0 aromatic rings. The van der Waals surface area contributed by atoms with E-state index in [9.17, 15) is 13.2 Å². The molecule has 1 aliphatic heterocycles. The fourth-order valence-corrected chi connectivity index (χ4v) is 3.70. The van der Waals surface area contributed by atoms with Crippen LogP contribution in [0.25, 0.3) is 0 Å². The van der Waals surface area contributed by atoms with Gasteiger partial charge < -0.3 is 10.6 Å². The van der Waals surface area contributed by atoms with Gasteiger partial charge in [0.25, 0.3) is 0 Å². The number of hydrogen-bond donors (Lipinski definition) is 2. The summed E-state index contributed by atoms with van der Waals surface area (Å²) in [7, 11) is -2.93. The van der Waals surface area contributed by atoms with Gasteiger partial charge in [-0.15, -0.1) is 0 Å². The van der Waals surface area contributed by atoms with E-state index in [0.717, 1.165) is 12.8 Å². The van der Waals surface area contributed by atoms with E-state index in [2.05, 4.69) is 10.6 Å². The highest BCUT2D eigenvalue weighted by atomic mass is 32.2. The Morgan fingerprint density at radius 1 is 1.39 bits per heavy atom. The largest absolute Gasteiger partial charge is 0.352 e. The maximum atomic E-state index is 11.8. The summed E-state index contributed by atoms with van der Waals surface area (Å²) in [4.78, 5) is 11.8. The molecule has 1 rings (SSSR count). The molecule has 1 amide bonds. The van der Waals surface area contributed by atoms with Crippen molar-refractivity contribution in [2.45, 2.75) is 58.2 Å². The first kappa shape index (κ1) is 15.4. The molecule has 1 aliphatic rings. The van der Waals surface area contributed by atoms with Gasteiger partial charge in [-0.1, -0.05) is 6.92 Å². The quantitative estimate of drug-likeness (QED) is 0.765. The number of carbonyl (C=O) groups excluding carboxylic acids is 1. The van der Waals surface area contributed by atoms with Crippen LogP contribution in [0, 0.1) is 0 Å². The smallest absolute Gasteiger partial charge is 0.237 e. The third-order valence-electron chi connectivity index (χ3n) is 3.34. The second-order valence-electron chi connectivity index (χ2n) is 5.16. The molecule has 0 aromatic heterocycles. The second-order valence-corrected chi connectivity index (χ2v) is 7.39. The molecule has 6 heteroatoms. The van der Waals surface area contributed by atoms with Crippen LogP contribution < -0.4 is 10.6 Å². The van der Waals surface area contributed by atoms with Crippen LogP contribution in [0.3, 0.4) is 0 Å². The number of nitrogens with one attached hydrogen (secondary N) is 2. The Morgan fingerprint density at radius 2 is 2.06 bits per heavy atom. The van der Waals surface area contributed by atoms with Crippen molar-refractivity contribution in [1.82, 2.24) is 10.6 Å². The highest BCUT2D eigenvalue weighted by Gasteiger charge is 2.27. The molecular formula is C12H24N2O3S. The van der Waals surface area contributed by atoms with Gasteiger partial charge in [-0.25, -0.2) is 8.42 Å².